The normalized spacial score (nSPS) is 14.5. The number of hydrogen-bond donors (Lipinski definition) is 1. The predicted molar refractivity (Wildman–Crippen MR) is 141 cm³/mol. The van der Waals surface area contributed by atoms with Gasteiger partial charge in [-0.3, -0.25) is 9.59 Å². The zero-order valence-electron chi connectivity index (χ0n) is 20.3. The zero-order chi connectivity index (χ0) is 24.6. The summed E-state index contributed by atoms with van der Waals surface area (Å²) in [5.41, 5.74) is 4.06. The van der Waals surface area contributed by atoms with Gasteiger partial charge in [-0.1, -0.05) is 96.7 Å². The molecule has 1 saturated carbocycles. The van der Waals surface area contributed by atoms with Gasteiger partial charge < -0.3 is 10.2 Å². The van der Waals surface area contributed by atoms with Crippen molar-refractivity contribution in [2.45, 2.75) is 64.1 Å². The summed E-state index contributed by atoms with van der Waals surface area (Å²) in [6.45, 7) is 2.42. The molecule has 182 valence electrons. The lowest BCUT2D eigenvalue weighted by Gasteiger charge is -2.32. The smallest absolute Gasteiger partial charge is 0.243 e. The minimum Gasteiger partial charge on any atom is -0.352 e. The third-order valence-corrected chi connectivity index (χ3v) is 6.93. The molecule has 0 radical (unpaired) electrons. The summed E-state index contributed by atoms with van der Waals surface area (Å²) in [6, 6.07) is 25.0. The van der Waals surface area contributed by atoms with E-state index in [0.717, 1.165) is 47.9 Å². The number of nitrogens with zero attached hydrogens (tertiary/aromatic N) is 1. The highest BCUT2D eigenvalue weighted by atomic mass is 35.5. The Kier molecular flexibility index (Phi) is 8.59. The summed E-state index contributed by atoms with van der Waals surface area (Å²) in [5.74, 6) is -0.144. The van der Waals surface area contributed by atoms with Crippen LogP contribution in [0.3, 0.4) is 0 Å². The Morgan fingerprint density at radius 2 is 1.60 bits per heavy atom. The van der Waals surface area contributed by atoms with Crippen molar-refractivity contribution in [2.24, 2.45) is 0 Å². The van der Waals surface area contributed by atoms with E-state index in [4.69, 9.17) is 11.6 Å². The maximum Gasteiger partial charge on any atom is 0.243 e. The number of amides is 2. The summed E-state index contributed by atoms with van der Waals surface area (Å²) in [4.78, 5) is 29.2. The number of rotatable bonds is 9. The highest BCUT2D eigenvalue weighted by molar-refractivity contribution is 6.30. The van der Waals surface area contributed by atoms with Crippen LogP contribution in [0.5, 0.6) is 0 Å². The summed E-state index contributed by atoms with van der Waals surface area (Å²) >= 11 is 6.05. The van der Waals surface area contributed by atoms with Crippen LogP contribution in [0, 0.1) is 6.92 Å². The SMILES string of the molecule is Cc1cccc(CN(C(=O)Cc2ccc(Cl)cc2)[C@@H](Cc2ccccc2)C(=O)NC2CCCC2)c1. The van der Waals surface area contributed by atoms with Gasteiger partial charge in [0, 0.05) is 24.0 Å². The number of hydrogen-bond acceptors (Lipinski definition) is 2. The molecule has 5 heteroatoms. The molecule has 0 aromatic heterocycles. The maximum atomic E-state index is 13.8. The maximum absolute atomic E-state index is 13.8. The van der Waals surface area contributed by atoms with E-state index in [1.165, 1.54) is 0 Å². The van der Waals surface area contributed by atoms with Crippen molar-refractivity contribution in [3.8, 4) is 0 Å². The first-order valence-electron chi connectivity index (χ1n) is 12.4. The summed E-state index contributed by atoms with van der Waals surface area (Å²) < 4.78 is 0. The molecule has 1 aliphatic carbocycles. The van der Waals surface area contributed by atoms with Crippen molar-refractivity contribution in [3.63, 3.8) is 0 Å². The zero-order valence-corrected chi connectivity index (χ0v) is 21.0. The fourth-order valence-electron chi connectivity index (χ4n) is 4.81. The largest absolute Gasteiger partial charge is 0.352 e. The standard InChI is InChI=1S/C30H33ClN2O2/c1-22-8-7-11-25(18-22)21-33(29(34)20-24-14-16-26(31)17-15-24)28(19-23-9-3-2-4-10-23)30(35)32-27-12-5-6-13-27/h2-4,7-11,14-18,27-28H,5-6,12-13,19-21H2,1H3,(H,32,35)/t28-/m0/s1. The lowest BCUT2D eigenvalue weighted by molar-refractivity contribution is -0.141. The van der Waals surface area contributed by atoms with Gasteiger partial charge in [0.15, 0.2) is 0 Å². The number of carbonyl (C=O) groups excluding carboxylic acids is 2. The number of nitrogens with one attached hydrogen (secondary N) is 1. The van der Waals surface area contributed by atoms with Crippen LogP contribution < -0.4 is 5.32 Å². The van der Waals surface area contributed by atoms with Crippen molar-refractivity contribution in [1.82, 2.24) is 10.2 Å². The number of benzene rings is 3. The van der Waals surface area contributed by atoms with Crippen LogP contribution in [0.2, 0.25) is 5.02 Å². The van der Waals surface area contributed by atoms with E-state index >= 15 is 0 Å². The van der Waals surface area contributed by atoms with Crippen molar-refractivity contribution in [1.29, 1.82) is 0 Å². The molecule has 2 amide bonds. The van der Waals surface area contributed by atoms with E-state index in [1.54, 1.807) is 17.0 Å². The summed E-state index contributed by atoms with van der Waals surface area (Å²) in [5, 5.41) is 3.89. The van der Waals surface area contributed by atoms with Gasteiger partial charge in [-0.2, -0.15) is 0 Å². The summed E-state index contributed by atoms with van der Waals surface area (Å²) in [6.07, 6.45) is 4.96. The first-order valence-corrected chi connectivity index (χ1v) is 12.8. The third kappa shape index (κ3) is 7.19. The lowest BCUT2D eigenvalue weighted by Crippen LogP contribution is -2.52. The monoisotopic (exact) mass is 488 g/mol. The quantitative estimate of drug-likeness (QED) is 0.408. The van der Waals surface area contributed by atoms with Gasteiger partial charge in [0.2, 0.25) is 11.8 Å². The second-order valence-electron chi connectivity index (χ2n) is 9.51. The van der Waals surface area contributed by atoms with Crippen LogP contribution in [0.15, 0.2) is 78.9 Å². The van der Waals surface area contributed by atoms with E-state index in [-0.39, 0.29) is 24.3 Å². The lowest BCUT2D eigenvalue weighted by atomic mass is 10.0. The molecule has 1 aliphatic rings. The average molecular weight is 489 g/mol. The van der Waals surface area contributed by atoms with Crippen LogP contribution in [0.4, 0.5) is 0 Å². The molecule has 4 rings (SSSR count). The van der Waals surface area contributed by atoms with Gasteiger partial charge in [-0.15, -0.1) is 0 Å². The van der Waals surface area contributed by atoms with Crippen molar-refractivity contribution < 1.29 is 9.59 Å². The molecule has 1 atom stereocenters. The van der Waals surface area contributed by atoms with Crippen LogP contribution >= 0.6 is 11.6 Å². The number of halogens is 1. The van der Waals surface area contributed by atoms with E-state index in [2.05, 4.69) is 11.4 Å². The van der Waals surface area contributed by atoms with Gasteiger partial charge in [0.25, 0.3) is 0 Å². The Balaban J connectivity index is 1.65. The van der Waals surface area contributed by atoms with Crippen LogP contribution in [0.25, 0.3) is 0 Å². The molecule has 1 N–H and O–H groups in total. The fourth-order valence-corrected chi connectivity index (χ4v) is 4.93. The average Bonchev–Trinajstić information content (AvgIpc) is 3.36. The Morgan fingerprint density at radius 1 is 0.914 bits per heavy atom. The van der Waals surface area contributed by atoms with Crippen molar-refractivity contribution in [3.05, 3.63) is 106 Å². The Hall–Kier alpha value is -3.11. The van der Waals surface area contributed by atoms with E-state index < -0.39 is 6.04 Å². The third-order valence-electron chi connectivity index (χ3n) is 6.68. The molecule has 0 aliphatic heterocycles. The molecule has 4 nitrogen and oxygen atoms in total. The Labute approximate surface area is 213 Å². The minimum atomic E-state index is -0.599. The highest BCUT2D eigenvalue weighted by Crippen LogP contribution is 2.21. The molecule has 35 heavy (non-hydrogen) atoms. The van der Waals surface area contributed by atoms with Crippen LogP contribution in [-0.4, -0.2) is 28.8 Å². The fraction of sp³-hybridized carbons (Fsp3) is 0.333. The van der Waals surface area contributed by atoms with Gasteiger partial charge >= 0.3 is 0 Å². The molecule has 0 unspecified atom stereocenters. The molecule has 0 saturated heterocycles. The molecular weight excluding hydrogens is 456 g/mol. The second-order valence-corrected chi connectivity index (χ2v) is 9.95. The minimum absolute atomic E-state index is 0.0714. The number of carbonyl (C=O) groups is 2. The Morgan fingerprint density at radius 3 is 2.29 bits per heavy atom. The van der Waals surface area contributed by atoms with E-state index in [1.807, 2.05) is 67.6 Å². The predicted octanol–water partition coefficient (Wildman–Crippen LogP) is 5.89. The van der Waals surface area contributed by atoms with Crippen LogP contribution in [-0.2, 0) is 29.0 Å². The second kappa shape index (κ2) is 12.0. The molecular formula is C30H33ClN2O2. The van der Waals surface area contributed by atoms with Gasteiger partial charge in [0.05, 0.1) is 6.42 Å². The molecule has 3 aromatic carbocycles. The van der Waals surface area contributed by atoms with E-state index in [0.29, 0.717) is 18.0 Å². The topological polar surface area (TPSA) is 49.4 Å². The molecule has 0 spiro atoms. The van der Waals surface area contributed by atoms with Gasteiger partial charge in [0.1, 0.15) is 6.04 Å². The first-order chi connectivity index (χ1) is 17.0. The summed E-state index contributed by atoms with van der Waals surface area (Å²) in [7, 11) is 0. The number of aryl methyl sites for hydroxylation is 1. The van der Waals surface area contributed by atoms with Crippen LogP contribution in [0.1, 0.15) is 47.9 Å². The molecule has 1 fully saturated rings. The van der Waals surface area contributed by atoms with Gasteiger partial charge in [-0.25, -0.2) is 0 Å². The molecule has 0 heterocycles. The Bertz CT molecular complexity index is 1120. The van der Waals surface area contributed by atoms with E-state index in [9.17, 15) is 9.59 Å². The molecule has 3 aromatic rings. The molecule has 0 bridgehead atoms. The highest BCUT2D eigenvalue weighted by Gasteiger charge is 2.32. The van der Waals surface area contributed by atoms with Gasteiger partial charge in [-0.05, 0) is 48.6 Å². The van der Waals surface area contributed by atoms with Crippen molar-refractivity contribution >= 4 is 23.4 Å². The first kappa shape index (κ1) is 25.0. The van der Waals surface area contributed by atoms with Crippen molar-refractivity contribution in [2.75, 3.05) is 0 Å².